The van der Waals surface area contributed by atoms with Crippen molar-refractivity contribution in [2.75, 3.05) is 20.1 Å². The molecule has 1 atom stereocenters. The summed E-state index contributed by atoms with van der Waals surface area (Å²) in [4.78, 5) is 46.0. The Labute approximate surface area is 214 Å². The molecule has 1 aromatic heterocycles. The maximum atomic E-state index is 14.4. The van der Waals surface area contributed by atoms with Crippen molar-refractivity contribution in [1.82, 2.24) is 20.2 Å². The second-order valence-corrected chi connectivity index (χ2v) is 8.98. The first-order valence-corrected chi connectivity index (χ1v) is 12.0. The highest BCUT2D eigenvalue weighted by molar-refractivity contribution is 5.92. The van der Waals surface area contributed by atoms with Gasteiger partial charge in [0, 0.05) is 37.9 Å². The zero-order chi connectivity index (χ0) is 27.1. The number of ether oxygens (including phenoxy) is 3. The SMILES string of the molecule is CN[C@@H](Cc1ccc(C(N)=O)cc1F)C(=O)Oc1ncnc(OC2CCN(C(=O)OC(C)C)CC2)c1C. The van der Waals surface area contributed by atoms with Crippen LogP contribution in [0.5, 0.6) is 11.8 Å². The molecule has 12 heteroatoms. The van der Waals surface area contributed by atoms with E-state index in [9.17, 15) is 18.8 Å². The second kappa shape index (κ2) is 12.4. The van der Waals surface area contributed by atoms with E-state index in [2.05, 4.69) is 15.3 Å². The Hall–Kier alpha value is -3.80. The lowest BCUT2D eigenvalue weighted by Crippen LogP contribution is -2.42. The first kappa shape index (κ1) is 27.8. The fraction of sp³-hybridized carbons (Fsp3) is 0.480. The van der Waals surface area contributed by atoms with Gasteiger partial charge >= 0.3 is 12.1 Å². The zero-order valence-electron chi connectivity index (χ0n) is 21.3. The van der Waals surface area contributed by atoms with Crippen LogP contribution in [-0.4, -0.2) is 71.2 Å². The van der Waals surface area contributed by atoms with Gasteiger partial charge in [-0.15, -0.1) is 0 Å². The quantitative estimate of drug-likeness (QED) is 0.478. The van der Waals surface area contributed by atoms with E-state index in [1.807, 2.05) is 0 Å². The summed E-state index contributed by atoms with van der Waals surface area (Å²) < 4.78 is 31.2. The van der Waals surface area contributed by atoms with E-state index < -0.39 is 23.7 Å². The molecule has 2 amide bonds. The number of esters is 1. The van der Waals surface area contributed by atoms with Crippen LogP contribution in [0.1, 0.15) is 48.2 Å². The largest absolute Gasteiger partial charge is 0.474 e. The van der Waals surface area contributed by atoms with Gasteiger partial charge in [0.15, 0.2) is 0 Å². The fourth-order valence-electron chi connectivity index (χ4n) is 3.79. The number of primary amides is 1. The van der Waals surface area contributed by atoms with Crippen LogP contribution in [0.25, 0.3) is 0 Å². The van der Waals surface area contributed by atoms with Gasteiger partial charge in [0.05, 0.1) is 11.7 Å². The van der Waals surface area contributed by atoms with E-state index in [-0.39, 0.29) is 47.6 Å². The highest BCUT2D eigenvalue weighted by Crippen LogP contribution is 2.26. The number of nitrogens with zero attached hydrogens (tertiary/aromatic N) is 3. The molecular weight excluding hydrogens is 485 g/mol. The Kier molecular flexibility index (Phi) is 9.34. The topological polar surface area (TPSA) is 146 Å². The molecule has 0 radical (unpaired) electrons. The van der Waals surface area contributed by atoms with Gasteiger partial charge < -0.3 is 30.2 Å². The smallest absolute Gasteiger partial charge is 0.410 e. The van der Waals surface area contributed by atoms with Gasteiger partial charge in [-0.3, -0.25) is 4.79 Å². The van der Waals surface area contributed by atoms with Crippen LogP contribution in [0.2, 0.25) is 0 Å². The number of benzene rings is 1. The van der Waals surface area contributed by atoms with Crippen molar-refractivity contribution in [3.63, 3.8) is 0 Å². The minimum absolute atomic E-state index is 0.0223. The Balaban J connectivity index is 1.61. The zero-order valence-corrected chi connectivity index (χ0v) is 21.3. The van der Waals surface area contributed by atoms with E-state index in [0.717, 1.165) is 6.07 Å². The fourth-order valence-corrected chi connectivity index (χ4v) is 3.79. The number of aromatic nitrogens is 2. The lowest BCUT2D eigenvalue weighted by Gasteiger charge is -2.31. The van der Waals surface area contributed by atoms with Gasteiger partial charge in [0.25, 0.3) is 0 Å². The predicted octanol–water partition coefficient (Wildman–Crippen LogP) is 2.15. The highest BCUT2D eigenvalue weighted by Gasteiger charge is 2.27. The number of nitrogens with one attached hydrogen (secondary N) is 1. The third-order valence-electron chi connectivity index (χ3n) is 5.90. The van der Waals surface area contributed by atoms with Crippen molar-refractivity contribution in [2.45, 2.75) is 58.3 Å². The third-order valence-corrected chi connectivity index (χ3v) is 5.90. The molecule has 11 nitrogen and oxygen atoms in total. The molecule has 1 fully saturated rings. The van der Waals surface area contributed by atoms with Gasteiger partial charge in [0.2, 0.25) is 17.7 Å². The molecule has 3 N–H and O–H groups in total. The van der Waals surface area contributed by atoms with Crippen LogP contribution < -0.4 is 20.5 Å². The number of hydrogen-bond donors (Lipinski definition) is 2. The summed E-state index contributed by atoms with van der Waals surface area (Å²) in [6, 6.07) is 2.95. The van der Waals surface area contributed by atoms with Crippen LogP contribution in [0.3, 0.4) is 0 Å². The van der Waals surface area contributed by atoms with Crippen LogP contribution in [0.4, 0.5) is 9.18 Å². The molecule has 2 heterocycles. The number of halogens is 1. The summed E-state index contributed by atoms with van der Waals surface area (Å²) in [5.74, 6) is -1.77. The molecule has 2 aromatic rings. The van der Waals surface area contributed by atoms with Crippen LogP contribution in [0.15, 0.2) is 24.5 Å². The number of piperidine rings is 1. The lowest BCUT2D eigenvalue weighted by atomic mass is 10.0. The summed E-state index contributed by atoms with van der Waals surface area (Å²) in [6.45, 7) is 6.25. The molecule has 0 unspecified atom stereocenters. The number of amides is 2. The van der Waals surface area contributed by atoms with Crippen molar-refractivity contribution >= 4 is 18.0 Å². The Morgan fingerprint density at radius 2 is 1.86 bits per heavy atom. The monoisotopic (exact) mass is 517 g/mol. The average molecular weight is 518 g/mol. The Morgan fingerprint density at radius 3 is 2.46 bits per heavy atom. The summed E-state index contributed by atoms with van der Waals surface area (Å²) in [5, 5.41) is 2.81. The third kappa shape index (κ3) is 7.35. The van der Waals surface area contributed by atoms with Gasteiger partial charge in [0.1, 0.15) is 24.3 Å². The van der Waals surface area contributed by atoms with Crippen molar-refractivity contribution in [3.05, 3.63) is 47.0 Å². The molecule has 3 rings (SSSR count). The molecule has 37 heavy (non-hydrogen) atoms. The van der Waals surface area contributed by atoms with Crippen LogP contribution in [-0.2, 0) is 16.0 Å². The standard InChI is InChI=1S/C25H32FN5O6/c1-14(2)35-25(34)31-9-7-18(8-10-31)36-22-15(3)23(30-13-29-22)37-24(33)20(28-4)12-16-5-6-17(21(27)32)11-19(16)26/h5-6,11,13-14,18,20,28H,7-10,12H2,1-4H3,(H2,27,32)/t20-/m0/s1. The summed E-state index contributed by atoms with van der Waals surface area (Å²) in [6.07, 6.45) is 1.68. The normalized spacial score (nSPS) is 14.8. The van der Waals surface area contributed by atoms with E-state index in [0.29, 0.717) is 31.5 Å². The van der Waals surface area contributed by atoms with Crippen LogP contribution >= 0.6 is 0 Å². The minimum Gasteiger partial charge on any atom is -0.474 e. The first-order valence-electron chi connectivity index (χ1n) is 12.0. The number of hydrogen-bond acceptors (Lipinski definition) is 9. The van der Waals surface area contributed by atoms with Gasteiger partial charge in [-0.2, -0.15) is 0 Å². The maximum absolute atomic E-state index is 14.4. The molecule has 0 aliphatic carbocycles. The number of likely N-dealkylation sites (N-methyl/N-ethyl adjacent to an activating group) is 1. The van der Waals surface area contributed by atoms with E-state index in [1.54, 1.807) is 32.7 Å². The van der Waals surface area contributed by atoms with E-state index in [4.69, 9.17) is 19.9 Å². The maximum Gasteiger partial charge on any atom is 0.410 e. The number of rotatable bonds is 9. The highest BCUT2D eigenvalue weighted by atomic mass is 19.1. The van der Waals surface area contributed by atoms with Gasteiger partial charge in [-0.25, -0.2) is 23.9 Å². The molecule has 200 valence electrons. The predicted molar refractivity (Wildman–Crippen MR) is 131 cm³/mol. The number of nitrogens with two attached hydrogens (primary N) is 1. The van der Waals surface area contributed by atoms with Crippen molar-refractivity contribution in [1.29, 1.82) is 0 Å². The Morgan fingerprint density at radius 1 is 1.19 bits per heavy atom. The van der Waals surface area contributed by atoms with Crippen molar-refractivity contribution in [3.8, 4) is 11.8 Å². The van der Waals surface area contributed by atoms with Gasteiger partial charge in [-0.05, 0) is 45.5 Å². The first-order chi connectivity index (χ1) is 17.6. The summed E-state index contributed by atoms with van der Waals surface area (Å²) in [7, 11) is 1.55. The number of carbonyl (C=O) groups excluding carboxylic acids is 3. The summed E-state index contributed by atoms with van der Waals surface area (Å²) in [5.41, 5.74) is 5.87. The lowest BCUT2D eigenvalue weighted by molar-refractivity contribution is -0.136. The molecule has 1 aliphatic heterocycles. The molecule has 1 aromatic carbocycles. The number of likely N-dealkylation sites (tertiary alicyclic amines) is 1. The Bertz CT molecular complexity index is 1140. The molecule has 0 saturated carbocycles. The molecule has 1 aliphatic rings. The van der Waals surface area contributed by atoms with E-state index in [1.165, 1.54) is 18.5 Å². The summed E-state index contributed by atoms with van der Waals surface area (Å²) >= 11 is 0. The van der Waals surface area contributed by atoms with Crippen LogP contribution in [0, 0.1) is 12.7 Å². The average Bonchev–Trinajstić information content (AvgIpc) is 2.85. The molecule has 0 bridgehead atoms. The van der Waals surface area contributed by atoms with E-state index >= 15 is 0 Å². The minimum atomic E-state index is -0.886. The molecule has 0 spiro atoms. The van der Waals surface area contributed by atoms with Gasteiger partial charge in [-0.1, -0.05) is 6.07 Å². The molecule has 1 saturated heterocycles. The number of carbonyl (C=O) groups is 3. The second-order valence-electron chi connectivity index (χ2n) is 8.98. The van der Waals surface area contributed by atoms with Crippen molar-refractivity contribution < 1.29 is 33.0 Å². The molecular formula is C25H32FN5O6. The van der Waals surface area contributed by atoms with Crippen molar-refractivity contribution in [2.24, 2.45) is 5.73 Å².